The van der Waals surface area contributed by atoms with Gasteiger partial charge in [0.1, 0.15) is 0 Å². The molecule has 1 amide bonds. The largest absolute Gasteiger partial charge is 0.389 e. The van der Waals surface area contributed by atoms with Crippen LogP contribution in [0.2, 0.25) is 0 Å². The van der Waals surface area contributed by atoms with E-state index in [0.717, 1.165) is 31.7 Å². The highest BCUT2D eigenvalue weighted by Crippen LogP contribution is 2.30. The zero-order chi connectivity index (χ0) is 10.7. The number of rotatable bonds is 6. The van der Waals surface area contributed by atoms with E-state index in [4.69, 9.17) is 0 Å². The van der Waals surface area contributed by atoms with Crippen LogP contribution in [0.15, 0.2) is 0 Å². The first-order valence-corrected chi connectivity index (χ1v) is 5.88. The van der Waals surface area contributed by atoms with Crippen LogP contribution in [0, 0.1) is 5.92 Å². The van der Waals surface area contributed by atoms with Gasteiger partial charge in [-0.3, -0.25) is 4.79 Å². The summed E-state index contributed by atoms with van der Waals surface area (Å²) >= 11 is 0. The lowest BCUT2D eigenvalue weighted by Crippen LogP contribution is -2.48. The molecule has 0 aromatic rings. The number of nitrogens with one attached hydrogen (secondary N) is 2. The monoisotopic (exact) mass is 212 g/mol. The molecule has 4 heteroatoms. The SMILES string of the molecule is O=C(CNCC1(O)CCC1)NCC1CC1. The number of carbonyl (C=O) groups excluding carboxylic acids is 1. The summed E-state index contributed by atoms with van der Waals surface area (Å²) in [4.78, 5) is 11.3. The van der Waals surface area contributed by atoms with Crippen molar-refractivity contribution in [1.82, 2.24) is 10.6 Å². The van der Waals surface area contributed by atoms with Crippen LogP contribution in [0.4, 0.5) is 0 Å². The van der Waals surface area contributed by atoms with E-state index < -0.39 is 5.60 Å². The summed E-state index contributed by atoms with van der Waals surface area (Å²) in [6, 6.07) is 0. The minimum absolute atomic E-state index is 0.0461. The van der Waals surface area contributed by atoms with Crippen molar-refractivity contribution >= 4 is 5.91 Å². The summed E-state index contributed by atoms with van der Waals surface area (Å²) in [6.45, 7) is 1.70. The Labute approximate surface area is 90.4 Å². The highest BCUT2D eigenvalue weighted by molar-refractivity contribution is 5.78. The molecule has 4 nitrogen and oxygen atoms in total. The van der Waals surface area contributed by atoms with Gasteiger partial charge in [0.05, 0.1) is 12.1 Å². The van der Waals surface area contributed by atoms with Crippen LogP contribution in [-0.2, 0) is 4.79 Å². The van der Waals surface area contributed by atoms with Gasteiger partial charge in [-0.2, -0.15) is 0 Å². The van der Waals surface area contributed by atoms with Gasteiger partial charge in [0.25, 0.3) is 0 Å². The molecule has 2 aliphatic rings. The third-order valence-corrected chi connectivity index (χ3v) is 3.31. The van der Waals surface area contributed by atoms with E-state index in [1.54, 1.807) is 0 Å². The maximum atomic E-state index is 11.3. The predicted molar refractivity (Wildman–Crippen MR) is 57.4 cm³/mol. The summed E-state index contributed by atoms with van der Waals surface area (Å²) in [6.07, 6.45) is 5.35. The molecule has 3 N–H and O–H groups in total. The van der Waals surface area contributed by atoms with Crippen LogP contribution in [0.1, 0.15) is 32.1 Å². The highest BCUT2D eigenvalue weighted by Gasteiger charge is 2.33. The van der Waals surface area contributed by atoms with E-state index in [-0.39, 0.29) is 5.91 Å². The molecule has 2 saturated carbocycles. The second kappa shape index (κ2) is 4.49. The summed E-state index contributed by atoms with van der Waals surface area (Å²) < 4.78 is 0. The molecule has 0 heterocycles. The van der Waals surface area contributed by atoms with Crippen molar-refractivity contribution in [3.8, 4) is 0 Å². The van der Waals surface area contributed by atoms with Gasteiger partial charge in [0.15, 0.2) is 0 Å². The lowest BCUT2D eigenvalue weighted by molar-refractivity contribution is -0.120. The van der Waals surface area contributed by atoms with E-state index >= 15 is 0 Å². The predicted octanol–water partition coefficient (Wildman–Crippen LogP) is 0.0172. The van der Waals surface area contributed by atoms with E-state index in [1.807, 2.05) is 0 Å². The molecule has 0 radical (unpaired) electrons. The standard InChI is InChI=1S/C11H20N2O2/c14-10(13-6-9-2-3-9)7-12-8-11(15)4-1-5-11/h9,12,15H,1-8H2,(H,13,14). The van der Waals surface area contributed by atoms with Crippen LogP contribution in [-0.4, -0.2) is 36.2 Å². The number of carbonyl (C=O) groups is 1. The Bertz CT molecular complexity index is 235. The lowest BCUT2D eigenvalue weighted by Gasteiger charge is -2.36. The Balaban J connectivity index is 1.50. The Morgan fingerprint density at radius 2 is 2.13 bits per heavy atom. The second-order valence-corrected chi connectivity index (χ2v) is 4.93. The molecular weight excluding hydrogens is 192 g/mol. The summed E-state index contributed by atoms with van der Waals surface area (Å²) in [5.41, 5.74) is -0.531. The van der Waals surface area contributed by atoms with Crippen LogP contribution < -0.4 is 10.6 Å². The summed E-state index contributed by atoms with van der Waals surface area (Å²) in [5.74, 6) is 0.773. The van der Waals surface area contributed by atoms with E-state index in [2.05, 4.69) is 10.6 Å². The van der Waals surface area contributed by atoms with Crippen LogP contribution >= 0.6 is 0 Å². The van der Waals surface area contributed by atoms with E-state index in [0.29, 0.717) is 13.1 Å². The number of aliphatic hydroxyl groups is 1. The Hall–Kier alpha value is -0.610. The molecule has 2 fully saturated rings. The van der Waals surface area contributed by atoms with Crippen LogP contribution in [0.5, 0.6) is 0 Å². The Kier molecular flexibility index (Phi) is 3.26. The third-order valence-electron chi connectivity index (χ3n) is 3.31. The quantitative estimate of drug-likeness (QED) is 0.581. The van der Waals surface area contributed by atoms with Crippen molar-refractivity contribution in [3.05, 3.63) is 0 Å². The molecule has 0 unspecified atom stereocenters. The molecule has 2 aliphatic carbocycles. The maximum Gasteiger partial charge on any atom is 0.233 e. The average molecular weight is 212 g/mol. The highest BCUT2D eigenvalue weighted by atomic mass is 16.3. The second-order valence-electron chi connectivity index (χ2n) is 4.93. The molecule has 0 saturated heterocycles. The maximum absolute atomic E-state index is 11.3. The average Bonchev–Trinajstić information content (AvgIpc) is 2.95. The van der Waals surface area contributed by atoms with Gasteiger partial charge in [-0.05, 0) is 38.0 Å². The molecule has 0 aromatic heterocycles. The Morgan fingerprint density at radius 1 is 1.40 bits per heavy atom. The van der Waals surface area contributed by atoms with Gasteiger partial charge >= 0.3 is 0 Å². The first kappa shape index (κ1) is 10.9. The number of amides is 1. The van der Waals surface area contributed by atoms with Crippen molar-refractivity contribution < 1.29 is 9.90 Å². The van der Waals surface area contributed by atoms with Gasteiger partial charge < -0.3 is 15.7 Å². The van der Waals surface area contributed by atoms with E-state index in [1.165, 1.54) is 12.8 Å². The molecule has 0 aliphatic heterocycles. The van der Waals surface area contributed by atoms with Crippen LogP contribution in [0.25, 0.3) is 0 Å². The lowest BCUT2D eigenvalue weighted by atomic mass is 9.80. The van der Waals surface area contributed by atoms with Gasteiger partial charge in [-0.1, -0.05) is 0 Å². The van der Waals surface area contributed by atoms with Gasteiger partial charge in [0.2, 0.25) is 5.91 Å². The van der Waals surface area contributed by atoms with Gasteiger partial charge in [0, 0.05) is 13.1 Å². The molecule has 0 spiro atoms. The normalized spacial score (nSPS) is 23.3. The molecular formula is C11H20N2O2. The van der Waals surface area contributed by atoms with Crippen LogP contribution in [0.3, 0.4) is 0 Å². The van der Waals surface area contributed by atoms with E-state index in [9.17, 15) is 9.90 Å². The van der Waals surface area contributed by atoms with Crippen molar-refractivity contribution in [2.45, 2.75) is 37.7 Å². The molecule has 0 aromatic carbocycles. The molecule has 0 bridgehead atoms. The smallest absolute Gasteiger partial charge is 0.233 e. The van der Waals surface area contributed by atoms with Gasteiger partial charge in [-0.25, -0.2) is 0 Å². The van der Waals surface area contributed by atoms with Crippen molar-refractivity contribution in [2.24, 2.45) is 5.92 Å². The minimum Gasteiger partial charge on any atom is -0.389 e. The number of hydrogen-bond donors (Lipinski definition) is 3. The molecule has 2 rings (SSSR count). The first-order valence-electron chi connectivity index (χ1n) is 5.88. The van der Waals surface area contributed by atoms with Gasteiger partial charge in [-0.15, -0.1) is 0 Å². The zero-order valence-electron chi connectivity index (χ0n) is 9.09. The fourth-order valence-corrected chi connectivity index (χ4v) is 1.81. The summed E-state index contributed by atoms with van der Waals surface area (Å²) in [7, 11) is 0. The number of hydrogen-bond acceptors (Lipinski definition) is 3. The fourth-order valence-electron chi connectivity index (χ4n) is 1.81. The zero-order valence-corrected chi connectivity index (χ0v) is 9.09. The fraction of sp³-hybridized carbons (Fsp3) is 0.909. The molecule has 0 atom stereocenters. The third kappa shape index (κ3) is 3.47. The summed E-state index contributed by atoms with van der Waals surface area (Å²) in [5, 5.41) is 15.7. The Morgan fingerprint density at radius 3 is 2.67 bits per heavy atom. The van der Waals surface area contributed by atoms with Crippen molar-refractivity contribution in [3.63, 3.8) is 0 Å². The first-order chi connectivity index (χ1) is 7.18. The molecule has 86 valence electrons. The van der Waals surface area contributed by atoms with Crippen molar-refractivity contribution in [1.29, 1.82) is 0 Å². The minimum atomic E-state index is -0.531. The van der Waals surface area contributed by atoms with Crippen molar-refractivity contribution in [2.75, 3.05) is 19.6 Å². The molecule has 15 heavy (non-hydrogen) atoms. The topological polar surface area (TPSA) is 61.4 Å².